The van der Waals surface area contributed by atoms with Gasteiger partial charge in [0.1, 0.15) is 0 Å². The molecule has 0 radical (unpaired) electrons. The van der Waals surface area contributed by atoms with Gasteiger partial charge >= 0.3 is 0 Å². The third kappa shape index (κ3) is 10.3. The van der Waals surface area contributed by atoms with Gasteiger partial charge in [0.05, 0.1) is 18.8 Å². The molecule has 2 amide bonds. The lowest BCUT2D eigenvalue weighted by Gasteiger charge is -2.38. The van der Waals surface area contributed by atoms with E-state index in [0.29, 0.717) is 19.4 Å². The van der Waals surface area contributed by atoms with E-state index in [1.54, 1.807) is 5.48 Å². The fraction of sp³-hybridized carbons (Fsp3) is 0.342. The molecular weight excluding hydrogens is 608 g/mol. The van der Waals surface area contributed by atoms with Crippen LogP contribution in [-0.4, -0.2) is 58.3 Å². The number of amides is 2. The molecule has 1 aliphatic heterocycles. The van der Waals surface area contributed by atoms with Gasteiger partial charge in [0.15, 0.2) is 6.29 Å². The number of pyridine rings is 1. The maximum Gasteiger partial charge on any atom is 0.243 e. The molecule has 10 nitrogen and oxygen atoms in total. The topological polar surface area (TPSA) is 133 Å². The SMILES string of the molecule is CN(CCc1ccccn1)CC1CC(c2ccc(CO)cc2)OC(c2ccc(-c3cccc(CNC(=O)CCCC(=O)NO)c3)cc2)O1. The molecule has 1 fully saturated rings. The Hall–Kier alpha value is -4.45. The van der Waals surface area contributed by atoms with Crippen molar-refractivity contribution in [3.8, 4) is 11.1 Å². The van der Waals surface area contributed by atoms with E-state index in [4.69, 9.17) is 14.7 Å². The van der Waals surface area contributed by atoms with Crippen LogP contribution in [0.4, 0.5) is 0 Å². The number of carbonyl (C=O) groups is 2. The third-order valence-corrected chi connectivity index (χ3v) is 8.47. The van der Waals surface area contributed by atoms with Crippen molar-refractivity contribution in [2.75, 3.05) is 20.1 Å². The summed E-state index contributed by atoms with van der Waals surface area (Å²) in [6, 6.07) is 30.1. The number of rotatable bonds is 15. The molecule has 0 aliphatic carbocycles. The van der Waals surface area contributed by atoms with E-state index in [-0.39, 0.29) is 37.6 Å². The summed E-state index contributed by atoms with van der Waals surface area (Å²) in [7, 11) is 2.11. The highest BCUT2D eigenvalue weighted by molar-refractivity contribution is 5.78. The highest BCUT2D eigenvalue weighted by atomic mass is 16.7. The number of aliphatic hydroxyl groups is 1. The smallest absolute Gasteiger partial charge is 0.243 e. The Morgan fingerprint density at radius 2 is 1.65 bits per heavy atom. The number of benzene rings is 3. The molecule has 1 aliphatic rings. The van der Waals surface area contributed by atoms with Gasteiger partial charge in [0.2, 0.25) is 11.8 Å². The van der Waals surface area contributed by atoms with Crippen molar-refractivity contribution >= 4 is 11.8 Å². The molecule has 0 saturated carbocycles. The van der Waals surface area contributed by atoms with Gasteiger partial charge in [0.25, 0.3) is 0 Å². The molecule has 3 atom stereocenters. The number of carbonyl (C=O) groups excluding carboxylic acids is 2. The zero-order valence-corrected chi connectivity index (χ0v) is 27.3. The van der Waals surface area contributed by atoms with Crippen molar-refractivity contribution in [2.24, 2.45) is 0 Å². The van der Waals surface area contributed by atoms with Crippen molar-refractivity contribution in [3.63, 3.8) is 0 Å². The van der Waals surface area contributed by atoms with E-state index in [1.165, 1.54) is 0 Å². The van der Waals surface area contributed by atoms with E-state index in [9.17, 15) is 14.7 Å². The van der Waals surface area contributed by atoms with Gasteiger partial charge in [-0.3, -0.25) is 19.8 Å². The summed E-state index contributed by atoms with van der Waals surface area (Å²) < 4.78 is 13.1. The molecule has 252 valence electrons. The van der Waals surface area contributed by atoms with Crippen LogP contribution < -0.4 is 10.8 Å². The summed E-state index contributed by atoms with van der Waals surface area (Å²) in [4.78, 5) is 30.1. The summed E-state index contributed by atoms with van der Waals surface area (Å²) in [5, 5.41) is 21.0. The number of ether oxygens (including phenoxy) is 2. The number of hydrogen-bond donors (Lipinski definition) is 4. The molecule has 0 spiro atoms. The lowest BCUT2D eigenvalue weighted by molar-refractivity contribution is -0.252. The number of likely N-dealkylation sites (N-methyl/N-ethyl adjacent to an activating group) is 1. The molecule has 3 aromatic carbocycles. The molecule has 2 heterocycles. The second-order valence-corrected chi connectivity index (χ2v) is 12.2. The average molecular weight is 653 g/mol. The molecule has 5 rings (SSSR count). The van der Waals surface area contributed by atoms with Crippen LogP contribution in [0.3, 0.4) is 0 Å². The molecule has 4 aromatic rings. The Kier molecular flexibility index (Phi) is 12.8. The van der Waals surface area contributed by atoms with Gasteiger partial charge in [-0.15, -0.1) is 0 Å². The van der Waals surface area contributed by atoms with Crippen molar-refractivity contribution in [1.82, 2.24) is 20.7 Å². The number of hydrogen-bond acceptors (Lipinski definition) is 8. The fourth-order valence-corrected chi connectivity index (χ4v) is 5.77. The Balaban J connectivity index is 1.23. The van der Waals surface area contributed by atoms with Crippen LogP contribution in [0.15, 0.2) is 97.2 Å². The number of aliphatic hydroxyl groups excluding tert-OH is 1. The highest BCUT2D eigenvalue weighted by Crippen LogP contribution is 2.38. The van der Waals surface area contributed by atoms with Crippen LogP contribution in [0.2, 0.25) is 0 Å². The summed E-state index contributed by atoms with van der Waals surface area (Å²) in [6.45, 7) is 1.98. The predicted molar refractivity (Wildman–Crippen MR) is 181 cm³/mol. The lowest BCUT2D eigenvalue weighted by Crippen LogP contribution is -2.38. The Labute approximate surface area is 281 Å². The maximum atomic E-state index is 12.2. The average Bonchev–Trinajstić information content (AvgIpc) is 3.13. The van der Waals surface area contributed by atoms with Crippen molar-refractivity contribution in [2.45, 2.75) is 63.8 Å². The molecule has 1 saturated heterocycles. The standard InChI is InChI=1S/C38H44N4O6/c1-42(21-19-33-8-2-3-20-39-33)25-34-23-35(30-13-11-27(26-43)12-14-30)48-38(47-34)31-17-15-29(16-18-31)32-7-4-6-28(22-32)24-40-36(44)9-5-10-37(45)41-46/h2-4,6-8,11-18,20,22,34-35,38,43,46H,5,9-10,19,21,23-26H2,1H3,(H,40,44)(H,41,45). The first kappa shape index (κ1) is 34.9. The minimum Gasteiger partial charge on any atom is -0.392 e. The first-order valence-electron chi connectivity index (χ1n) is 16.4. The monoisotopic (exact) mass is 652 g/mol. The second-order valence-electron chi connectivity index (χ2n) is 12.2. The molecular formula is C38H44N4O6. The first-order valence-corrected chi connectivity index (χ1v) is 16.4. The predicted octanol–water partition coefficient (Wildman–Crippen LogP) is 5.25. The number of nitrogens with one attached hydrogen (secondary N) is 2. The molecule has 4 N–H and O–H groups in total. The minimum atomic E-state index is -0.547. The van der Waals surface area contributed by atoms with E-state index in [0.717, 1.165) is 58.6 Å². The van der Waals surface area contributed by atoms with Gasteiger partial charge in [-0.2, -0.15) is 0 Å². The Bertz CT molecular complexity index is 1600. The molecule has 48 heavy (non-hydrogen) atoms. The van der Waals surface area contributed by atoms with E-state index in [1.807, 2.05) is 85.1 Å². The molecule has 10 heteroatoms. The van der Waals surface area contributed by atoms with E-state index in [2.05, 4.69) is 34.4 Å². The van der Waals surface area contributed by atoms with Crippen molar-refractivity contribution in [1.29, 1.82) is 0 Å². The molecule has 3 unspecified atom stereocenters. The van der Waals surface area contributed by atoms with Gasteiger partial charge < -0.3 is 24.8 Å². The number of hydroxylamine groups is 1. The summed E-state index contributed by atoms with van der Waals surface area (Å²) in [5.74, 6) is -0.653. The fourth-order valence-electron chi connectivity index (χ4n) is 5.77. The Morgan fingerprint density at radius 1 is 0.875 bits per heavy atom. The number of nitrogens with zero attached hydrogens (tertiary/aromatic N) is 2. The third-order valence-electron chi connectivity index (χ3n) is 8.47. The maximum absolute atomic E-state index is 12.2. The largest absolute Gasteiger partial charge is 0.392 e. The molecule has 1 aromatic heterocycles. The summed E-state index contributed by atoms with van der Waals surface area (Å²) >= 11 is 0. The second kappa shape index (κ2) is 17.6. The van der Waals surface area contributed by atoms with Crippen LogP contribution in [-0.2, 0) is 38.6 Å². The summed E-state index contributed by atoms with van der Waals surface area (Å²) in [6.07, 6.45) is 3.28. The van der Waals surface area contributed by atoms with Crippen LogP contribution in [0.25, 0.3) is 11.1 Å². The van der Waals surface area contributed by atoms with Gasteiger partial charge in [-0.1, -0.05) is 72.8 Å². The zero-order valence-electron chi connectivity index (χ0n) is 27.3. The summed E-state index contributed by atoms with van der Waals surface area (Å²) in [5.41, 5.74) is 8.49. The van der Waals surface area contributed by atoms with Crippen LogP contribution >= 0.6 is 0 Å². The quantitative estimate of drug-likeness (QED) is 0.101. The van der Waals surface area contributed by atoms with Crippen molar-refractivity contribution in [3.05, 3.63) is 125 Å². The molecule has 0 bridgehead atoms. The Morgan fingerprint density at radius 3 is 2.38 bits per heavy atom. The van der Waals surface area contributed by atoms with Gasteiger partial charge in [0, 0.05) is 62.8 Å². The lowest BCUT2D eigenvalue weighted by atomic mass is 9.99. The highest BCUT2D eigenvalue weighted by Gasteiger charge is 2.32. The first-order chi connectivity index (χ1) is 23.4. The minimum absolute atomic E-state index is 0.00147. The van der Waals surface area contributed by atoms with Gasteiger partial charge in [-0.25, -0.2) is 5.48 Å². The normalized spacial score (nSPS) is 17.6. The van der Waals surface area contributed by atoms with Crippen molar-refractivity contribution < 1.29 is 29.4 Å². The van der Waals surface area contributed by atoms with Gasteiger partial charge in [-0.05, 0) is 59.5 Å². The zero-order chi connectivity index (χ0) is 33.7. The van der Waals surface area contributed by atoms with Crippen LogP contribution in [0.5, 0.6) is 0 Å². The number of aromatic nitrogens is 1. The van der Waals surface area contributed by atoms with E-state index < -0.39 is 12.2 Å². The van der Waals surface area contributed by atoms with E-state index >= 15 is 0 Å². The van der Waals surface area contributed by atoms with Crippen LogP contribution in [0, 0.1) is 0 Å². The van der Waals surface area contributed by atoms with Crippen LogP contribution in [0.1, 0.15) is 66.0 Å².